The largest absolute Gasteiger partial charge is 0.489 e. The number of rotatable bonds is 5. The lowest BCUT2D eigenvalue weighted by Gasteiger charge is -2.08. The van der Waals surface area contributed by atoms with Gasteiger partial charge in [-0.3, -0.25) is 4.79 Å². The van der Waals surface area contributed by atoms with E-state index in [9.17, 15) is 9.18 Å². The summed E-state index contributed by atoms with van der Waals surface area (Å²) < 4.78 is 18.3. The zero-order valence-corrected chi connectivity index (χ0v) is 11.7. The summed E-state index contributed by atoms with van der Waals surface area (Å²) in [5.74, 6) is -0.0182. The number of hydrogen-bond donors (Lipinski definition) is 1. The Hall–Kier alpha value is -2.62. The van der Waals surface area contributed by atoms with E-state index in [2.05, 4.69) is 11.9 Å². The van der Waals surface area contributed by atoms with E-state index in [4.69, 9.17) is 4.74 Å². The van der Waals surface area contributed by atoms with E-state index in [1.165, 1.54) is 24.3 Å². The van der Waals surface area contributed by atoms with Crippen molar-refractivity contribution in [1.29, 1.82) is 0 Å². The lowest BCUT2D eigenvalue weighted by Crippen LogP contribution is -2.12. The van der Waals surface area contributed by atoms with Gasteiger partial charge in [-0.1, -0.05) is 12.6 Å². The second kappa shape index (κ2) is 6.70. The molecule has 0 atom stereocenters. The average molecular weight is 285 g/mol. The van der Waals surface area contributed by atoms with Gasteiger partial charge in [-0.15, -0.1) is 0 Å². The minimum atomic E-state index is -0.344. The maximum Gasteiger partial charge on any atom is 0.255 e. The molecular weight excluding hydrogens is 269 g/mol. The van der Waals surface area contributed by atoms with Gasteiger partial charge in [0.05, 0.1) is 0 Å². The number of ether oxygens (including phenoxy) is 1. The van der Waals surface area contributed by atoms with Crippen LogP contribution in [0.5, 0.6) is 5.75 Å². The third kappa shape index (κ3) is 4.45. The van der Waals surface area contributed by atoms with Crippen molar-refractivity contribution in [1.82, 2.24) is 0 Å². The number of anilines is 1. The Kier molecular flexibility index (Phi) is 4.72. The zero-order valence-electron chi connectivity index (χ0n) is 11.7. The molecule has 4 heteroatoms. The number of halogens is 1. The lowest BCUT2D eigenvalue weighted by molar-refractivity contribution is 0.102. The van der Waals surface area contributed by atoms with Crippen LogP contribution < -0.4 is 10.1 Å². The Morgan fingerprint density at radius 3 is 2.62 bits per heavy atom. The molecule has 108 valence electrons. The highest BCUT2D eigenvalue weighted by Gasteiger charge is 2.07. The van der Waals surface area contributed by atoms with E-state index in [-0.39, 0.29) is 11.7 Å². The topological polar surface area (TPSA) is 38.3 Å². The van der Waals surface area contributed by atoms with Gasteiger partial charge in [-0.05, 0) is 55.0 Å². The molecule has 0 heterocycles. The van der Waals surface area contributed by atoms with Crippen molar-refractivity contribution in [2.45, 2.75) is 6.92 Å². The summed E-state index contributed by atoms with van der Waals surface area (Å²) in [5, 5.41) is 2.70. The number of nitrogens with one attached hydrogen (secondary N) is 1. The van der Waals surface area contributed by atoms with Gasteiger partial charge < -0.3 is 10.1 Å². The maximum atomic E-state index is 12.8. The highest BCUT2D eigenvalue weighted by atomic mass is 19.1. The van der Waals surface area contributed by atoms with Crippen LogP contribution in [-0.2, 0) is 0 Å². The molecule has 0 aliphatic carbocycles. The first kappa shape index (κ1) is 14.8. The van der Waals surface area contributed by atoms with E-state index in [0.717, 1.165) is 5.57 Å². The van der Waals surface area contributed by atoms with Crippen LogP contribution >= 0.6 is 0 Å². The smallest absolute Gasteiger partial charge is 0.255 e. The third-order valence-electron chi connectivity index (χ3n) is 2.68. The summed E-state index contributed by atoms with van der Waals surface area (Å²) in [4.78, 5) is 12.1. The number of benzene rings is 2. The first-order chi connectivity index (χ1) is 10.0. The van der Waals surface area contributed by atoms with Gasteiger partial charge in [-0.25, -0.2) is 4.39 Å². The molecule has 0 radical (unpaired) electrons. The normalized spacial score (nSPS) is 10.0. The van der Waals surface area contributed by atoms with Gasteiger partial charge in [-0.2, -0.15) is 0 Å². The Morgan fingerprint density at radius 1 is 1.24 bits per heavy atom. The van der Waals surface area contributed by atoms with Crippen LogP contribution in [0.4, 0.5) is 10.1 Å². The second-order valence-electron chi connectivity index (χ2n) is 4.73. The Morgan fingerprint density at radius 2 is 1.95 bits per heavy atom. The second-order valence-corrected chi connectivity index (χ2v) is 4.73. The standard InChI is InChI=1S/C17H16FNO2/c1-12(2)11-21-16-5-3-4-13(10-16)17(20)19-15-8-6-14(18)7-9-15/h3-10H,1,11H2,2H3,(H,19,20). The number of carbonyl (C=O) groups is 1. The van der Waals surface area contributed by atoms with Crippen molar-refractivity contribution in [2.24, 2.45) is 0 Å². The van der Waals surface area contributed by atoms with Gasteiger partial charge in [0.25, 0.3) is 5.91 Å². The SMILES string of the molecule is C=C(C)COc1cccc(C(=O)Nc2ccc(F)cc2)c1. The van der Waals surface area contributed by atoms with Gasteiger partial charge in [0.2, 0.25) is 0 Å². The molecule has 0 aliphatic heterocycles. The van der Waals surface area contributed by atoms with Gasteiger partial charge in [0.15, 0.2) is 0 Å². The van der Waals surface area contributed by atoms with Crippen molar-refractivity contribution in [3.05, 3.63) is 72.1 Å². The summed E-state index contributed by atoms with van der Waals surface area (Å²) in [6.07, 6.45) is 0. The molecule has 21 heavy (non-hydrogen) atoms. The molecule has 1 amide bonds. The molecule has 0 aliphatic rings. The number of amides is 1. The molecule has 2 aromatic rings. The highest BCUT2D eigenvalue weighted by molar-refractivity contribution is 6.04. The third-order valence-corrected chi connectivity index (χ3v) is 2.68. The summed E-state index contributed by atoms with van der Waals surface area (Å²) >= 11 is 0. The molecule has 1 N–H and O–H groups in total. The summed E-state index contributed by atoms with van der Waals surface area (Å²) in [6, 6.07) is 12.5. The minimum absolute atomic E-state index is 0.276. The van der Waals surface area contributed by atoms with Crippen LogP contribution in [0.25, 0.3) is 0 Å². The molecule has 0 bridgehead atoms. The predicted molar refractivity (Wildman–Crippen MR) is 81.1 cm³/mol. The molecule has 0 fully saturated rings. The van der Waals surface area contributed by atoms with Crippen LogP contribution in [0, 0.1) is 5.82 Å². The van der Waals surface area contributed by atoms with Crippen LogP contribution in [0.1, 0.15) is 17.3 Å². The number of hydrogen-bond acceptors (Lipinski definition) is 2. The highest BCUT2D eigenvalue weighted by Crippen LogP contribution is 2.16. The Balaban J connectivity index is 2.06. The quantitative estimate of drug-likeness (QED) is 0.842. The Bertz CT molecular complexity index is 650. The van der Waals surface area contributed by atoms with E-state index >= 15 is 0 Å². The van der Waals surface area contributed by atoms with Crippen molar-refractivity contribution in [3.63, 3.8) is 0 Å². The van der Waals surface area contributed by atoms with E-state index in [1.54, 1.807) is 24.3 Å². The van der Waals surface area contributed by atoms with Crippen LogP contribution in [0.15, 0.2) is 60.7 Å². The van der Waals surface area contributed by atoms with Gasteiger partial charge >= 0.3 is 0 Å². The molecule has 0 unspecified atom stereocenters. The number of carbonyl (C=O) groups excluding carboxylic acids is 1. The van der Waals surface area contributed by atoms with Crippen LogP contribution in [0.3, 0.4) is 0 Å². The monoisotopic (exact) mass is 285 g/mol. The molecule has 0 saturated heterocycles. The van der Waals surface area contributed by atoms with Crippen molar-refractivity contribution in [2.75, 3.05) is 11.9 Å². The van der Waals surface area contributed by atoms with Gasteiger partial charge in [0, 0.05) is 11.3 Å². The average Bonchev–Trinajstić information content (AvgIpc) is 2.48. The Labute approximate surface area is 123 Å². The first-order valence-electron chi connectivity index (χ1n) is 6.49. The molecule has 3 nitrogen and oxygen atoms in total. The molecule has 2 rings (SSSR count). The van der Waals surface area contributed by atoms with Crippen molar-refractivity contribution < 1.29 is 13.9 Å². The molecular formula is C17H16FNO2. The van der Waals surface area contributed by atoms with Crippen molar-refractivity contribution >= 4 is 11.6 Å². The molecule has 0 aromatic heterocycles. The molecule has 0 saturated carbocycles. The summed E-state index contributed by atoms with van der Waals surface area (Å²) in [7, 11) is 0. The maximum absolute atomic E-state index is 12.8. The van der Waals surface area contributed by atoms with Crippen molar-refractivity contribution in [3.8, 4) is 5.75 Å². The first-order valence-corrected chi connectivity index (χ1v) is 6.49. The fraction of sp³-hybridized carbons (Fsp3) is 0.118. The predicted octanol–water partition coefficient (Wildman–Crippen LogP) is 4.03. The molecule has 0 spiro atoms. The van der Waals surface area contributed by atoms with Crippen LogP contribution in [0.2, 0.25) is 0 Å². The summed E-state index contributed by atoms with van der Waals surface area (Å²) in [6.45, 7) is 6.03. The zero-order chi connectivity index (χ0) is 15.2. The van der Waals surface area contributed by atoms with E-state index in [1.807, 2.05) is 6.92 Å². The molecule has 2 aromatic carbocycles. The fourth-order valence-electron chi connectivity index (χ4n) is 1.67. The van der Waals surface area contributed by atoms with E-state index < -0.39 is 0 Å². The van der Waals surface area contributed by atoms with Gasteiger partial charge in [0.1, 0.15) is 18.2 Å². The fourth-order valence-corrected chi connectivity index (χ4v) is 1.67. The van der Waals surface area contributed by atoms with E-state index in [0.29, 0.717) is 23.6 Å². The lowest BCUT2D eigenvalue weighted by atomic mass is 10.2. The minimum Gasteiger partial charge on any atom is -0.489 e. The van der Waals surface area contributed by atoms with Crippen LogP contribution in [-0.4, -0.2) is 12.5 Å². The summed E-state index contributed by atoms with van der Waals surface area (Å²) in [5.41, 5.74) is 1.91.